The van der Waals surface area contributed by atoms with Crippen LogP contribution in [0.4, 0.5) is 11.4 Å². The molecule has 0 atom stereocenters. The van der Waals surface area contributed by atoms with Crippen LogP contribution in [0.3, 0.4) is 0 Å². The topological polar surface area (TPSA) is 142 Å². The number of nitrogens with zero attached hydrogens (tertiary/aromatic N) is 4. The van der Waals surface area contributed by atoms with Crippen LogP contribution in [0.1, 0.15) is 5.56 Å². The zero-order valence-corrected chi connectivity index (χ0v) is 24.8. The van der Waals surface area contributed by atoms with Crippen LogP contribution in [-0.2, 0) is 4.79 Å². The second kappa shape index (κ2) is 12.1. The lowest BCUT2D eigenvalue weighted by Gasteiger charge is -2.10. The summed E-state index contributed by atoms with van der Waals surface area (Å²) in [7, 11) is 0. The highest BCUT2D eigenvalue weighted by molar-refractivity contribution is 9.10. The zero-order valence-electron chi connectivity index (χ0n) is 22.4. The molecule has 0 saturated heterocycles. The molecule has 0 aliphatic carbocycles. The second-order valence-electron chi connectivity index (χ2n) is 9.43. The second-order valence-corrected chi connectivity index (χ2v) is 10.8. The molecule has 2 heterocycles. The van der Waals surface area contributed by atoms with Gasteiger partial charge in [0.05, 0.1) is 22.0 Å². The molecule has 11 nitrogen and oxygen atoms in total. The number of amides is 1. The van der Waals surface area contributed by atoms with E-state index in [-0.39, 0.29) is 28.6 Å². The summed E-state index contributed by atoms with van der Waals surface area (Å²) in [5.41, 5.74) is 0.953. The van der Waals surface area contributed by atoms with Crippen molar-refractivity contribution in [2.45, 2.75) is 0 Å². The van der Waals surface area contributed by atoms with Crippen molar-refractivity contribution in [2.75, 3.05) is 11.9 Å². The Morgan fingerprint density at radius 1 is 1.09 bits per heavy atom. The number of fused-ring (bicyclic) bond motifs is 2. The number of halogens is 2. The van der Waals surface area contributed by atoms with E-state index in [1.165, 1.54) is 24.4 Å². The third kappa shape index (κ3) is 6.07. The minimum atomic E-state index is -0.573. The normalized spacial score (nSPS) is 11.3. The molecule has 6 rings (SSSR count). The number of carbonyl (C=O) groups is 1. The van der Waals surface area contributed by atoms with Gasteiger partial charge in [-0.25, -0.2) is 4.98 Å². The first-order chi connectivity index (χ1) is 21.2. The maximum Gasteiger partial charge on any atom is 0.282 e. The number of hydrogen-bond acceptors (Lipinski definition) is 8. The fourth-order valence-corrected chi connectivity index (χ4v) is 4.89. The number of nitro benzene ring substituents is 1. The van der Waals surface area contributed by atoms with Crippen LogP contribution in [0.2, 0.25) is 5.02 Å². The predicted molar refractivity (Wildman–Crippen MR) is 171 cm³/mol. The van der Waals surface area contributed by atoms with Crippen molar-refractivity contribution in [3.8, 4) is 17.3 Å². The lowest BCUT2D eigenvalue weighted by atomic mass is 10.2. The van der Waals surface area contributed by atoms with Gasteiger partial charge in [-0.15, -0.1) is 0 Å². The monoisotopic (exact) mass is 671 g/mol. The minimum absolute atomic E-state index is 0.118. The molecule has 0 bridgehead atoms. The van der Waals surface area contributed by atoms with Gasteiger partial charge in [-0.2, -0.15) is 9.78 Å². The Labute approximate surface area is 261 Å². The average Bonchev–Trinajstić information content (AvgIpc) is 3.44. The van der Waals surface area contributed by atoms with Crippen molar-refractivity contribution < 1.29 is 18.9 Å². The summed E-state index contributed by atoms with van der Waals surface area (Å²) in [6, 6.07) is 24.4. The van der Waals surface area contributed by atoms with E-state index in [0.717, 1.165) is 14.5 Å². The van der Waals surface area contributed by atoms with Crippen LogP contribution in [0.5, 0.6) is 5.75 Å². The van der Waals surface area contributed by atoms with Gasteiger partial charge in [-0.1, -0.05) is 39.7 Å². The Hall–Kier alpha value is -5.33. The van der Waals surface area contributed by atoms with Gasteiger partial charge in [0.2, 0.25) is 5.82 Å². The summed E-state index contributed by atoms with van der Waals surface area (Å²) in [4.78, 5) is 41.8. The van der Waals surface area contributed by atoms with Crippen molar-refractivity contribution in [3.05, 3.63) is 127 Å². The highest BCUT2D eigenvalue weighted by Crippen LogP contribution is 2.29. The highest BCUT2D eigenvalue weighted by atomic mass is 79.9. The smallest absolute Gasteiger partial charge is 0.282 e. The van der Waals surface area contributed by atoms with Gasteiger partial charge in [0.25, 0.3) is 17.2 Å². The van der Waals surface area contributed by atoms with Crippen LogP contribution in [-0.4, -0.2) is 33.3 Å². The Morgan fingerprint density at radius 3 is 2.68 bits per heavy atom. The predicted octanol–water partition coefficient (Wildman–Crippen LogP) is 7.03. The van der Waals surface area contributed by atoms with Gasteiger partial charge >= 0.3 is 0 Å². The molecule has 0 fully saturated rings. The zero-order chi connectivity index (χ0) is 30.8. The van der Waals surface area contributed by atoms with E-state index in [9.17, 15) is 19.7 Å². The van der Waals surface area contributed by atoms with Crippen molar-refractivity contribution in [3.63, 3.8) is 0 Å². The maximum absolute atomic E-state index is 13.6. The minimum Gasteiger partial charge on any atom is -0.483 e. The fourth-order valence-electron chi connectivity index (χ4n) is 4.39. The molecule has 0 aliphatic heterocycles. The molecule has 0 spiro atoms. The Morgan fingerprint density at radius 2 is 1.89 bits per heavy atom. The molecule has 13 heteroatoms. The number of para-hydroxylation sites is 1. The van der Waals surface area contributed by atoms with E-state index in [1.807, 2.05) is 12.1 Å². The number of hydrogen-bond donors (Lipinski definition) is 1. The number of aromatic nitrogens is 2. The van der Waals surface area contributed by atoms with Crippen LogP contribution in [0.15, 0.2) is 110 Å². The molecule has 0 unspecified atom stereocenters. The SMILES string of the molecule is O=C(COc1ccc([N+](=O)[O-])cc1C=Nn1c(-c2cc3cc(Br)ccc3o2)nc2ccccc2c1=O)Nc1ccc(Cl)cc1. The molecule has 4 aromatic carbocycles. The van der Waals surface area contributed by atoms with Crippen molar-refractivity contribution in [2.24, 2.45) is 5.10 Å². The van der Waals surface area contributed by atoms with E-state index < -0.39 is 23.0 Å². The largest absolute Gasteiger partial charge is 0.483 e. The summed E-state index contributed by atoms with van der Waals surface area (Å²) in [5.74, 6) is 0.0601. The Bertz CT molecular complexity index is 2160. The van der Waals surface area contributed by atoms with Crippen molar-refractivity contribution in [1.82, 2.24) is 9.66 Å². The average molecular weight is 673 g/mol. The maximum atomic E-state index is 13.6. The lowest BCUT2D eigenvalue weighted by Crippen LogP contribution is -2.21. The summed E-state index contributed by atoms with van der Waals surface area (Å²) in [6.07, 6.45) is 1.24. The Kier molecular flexibility index (Phi) is 7.92. The molecule has 6 aromatic rings. The van der Waals surface area contributed by atoms with E-state index in [4.69, 9.17) is 20.8 Å². The molecule has 218 valence electrons. The van der Waals surface area contributed by atoms with Gasteiger partial charge in [-0.05, 0) is 66.7 Å². The standard InChI is InChI=1S/C31H19BrClN5O6/c32-20-5-11-27-18(13-20)15-28(44-27)30-36-25-4-2-1-3-24(25)31(40)37(30)34-16-19-14-23(38(41)42)10-12-26(19)43-17-29(39)35-22-8-6-21(33)7-9-22/h1-16H,17H2,(H,35,39). The van der Waals surface area contributed by atoms with Crippen LogP contribution in [0.25, 0.3) is 33.5 Å². The molecule has 0 aliphatic rings. The van der Waals surface area contributed by atoms with E-state index in [1.54, 1.807) is 60.7 Å². The van der Waals surface area contributed by atoms with Gasteiger partial charge in [0.15, 0.2) is 12.4 Å². The number of non-ortho nitro benzene ring substituents is 1. The van der Waals surface area contributed by atoms with Crippen LogP contribution < -0.4 is 15.6 Å². The van der Waals surface area contributed by atoms with Crippen LogP contribution >= 0.6 is 27.5 Å². The van der Waals surface area contributed by atoms with Gasteiger partial charge in [0.1, 0.15) is 11.3 Å². The lowest BCUT2D eigenvalue weighted by molar-refractivity contribution is -0.384. The first-order valence-electron chi connectivity index (χ1n) is 13.0. The van der Waals surface area contributed by atoms with Gasteiger partial charge in [-0.3, -0.25) is 19.7 Å². The number of nitrogens with one attached hydrogen (secondary N) is 1. The van der Waals surface area contributed by atoms with E-state index >= 15 is 0 Å². The fraction of sp³-hybridized carbons (Fsp3) is 0.0323. The molecular formula is C31H19BrClN5O6. The number of nitro groups is 1. The van der Waals surface area contributed by atoms with Crippen molar-refractivity contribution in [1.29, 1.82) is 0 Å². The molecular weight excluding hydrogens is 654 g/mol. The third-order valence-corrected chi connectivity index (χ3v) is 7.20. The third-order valence-electron chi connectivity index (χ3n) is 6.46. The molecule has 44 heavy (non-hydrogen) atoms. The molecule has 1 amide bonds. The highest BCUT2D eigenvalue weighted by Gasteiger charge is 2.18. The number of rotatable bonds is 8. The van der Waals surface area contributed by atoms with Crippen LogP contribution in [0, 0.1) is 10.1 Å². The van der Waals surface area contributed by atoms with Gasteiger partial charge < -0.3 is 14.5 Å². The molecule has 0 saturated carbocycles. The summed E-state index contributed by atoms with van der Waals surface area (Å²) in [6.45, 7) is -0.404. The van der Waals surface area contributed by atoms with E-state index in [2.05, 4.69) is 31.3 Å². The first kappa shape index (κ1) is 28.8. The Balaban J connectivity index is 1.38. The number of benzene rings is 4. The van der Waals surface area contributed by atoms with Gasteiger partial charge in [0, 0.05) is 38.3 Å². The summed E-state index contributed by atoms with van der Waals surface area (Å²) >= 11 is 9.34. The first-order valence-corrected chi connectivity index (χ1v) is 14.1. The van der Waals surface area contributed by atoms with E-state index in [0.29, 0.717) is 27.2 Å². The number of ether oxygens (including phenoxy) is 1. The molecule has 2 aromatic heterocycles. The molecule has 0 radical (unpaired) electrons. The van der Waals surface area contributed by atoms with Crippen molar-refractivity contribution >= 4 is 72.9 Å². The number of anilines is 1. The summed E-state index contributed by atoms with van der Waals surface area (Å²) in [5, 5.41) is 20.2. The quantitative estimate of drug-likeness (QED) is 0.104. The number of carbonyl (C=O) groups excluding carboxylic acids is 1. The molecule has 1 N–H and O–H groups in total. The number of furan rings is 1. The summed E-state index contributed by atoms with van der Waals surface area (Å²) < 4.78 is 13.6.